The van der Waals surface area contributed by atoms with Gasteiger partial charge in [-0.05, 0) is 35.7 Å². The van der Waals surface area contributed by atoms with Gasteiger partial charge in [-0.25, -0.2) is 0 Å². The van der Waals surface area contributed by atoms with Crippen LogP contribution in [0, 0.1) is 0 Å². The maximum atomic E-state index is 12.1. The summed E-state index contributed by atoms with van der Waals surface area (Å²) in [5.74, 6) is -0.317. The Morgan fingerprint density at radius 3 is 2.33 bits per heavy atom. The van der Waals surface area contributed by atoms with Gasteiger partial charge in [-0.1, -0.05) is 52.5 Å². The molecule has 21 heavy (non-hydrogen) atoms. The molecule has 1 aromatic carbocycles. The van der Waals surface area contributed by atoms with Gasteiger partial charge in [0, 0.05) is 10.7 Å². The Kier molecular flexibility index (Phi) is 5.63. The molecule has 2 rings (SSSR count). The number of benzene rings is 1. The van der Waals surface area contributed by atoms with Crippen molar-refractivity contribution in [3.05, 3.63) is 51.7 Å². The Labute approximate surface area is 146 Å². The molecule has 0 bridgehead atoms. The molecule has 0 spiro atoms. The minimum absolute atomic E-state index is 0.317. The fraction of sp³-hybridized carbons (Fsp3) is 0.154. The van der Waals surface area contributed by atoms with Crippen molar-refractivity contribution < 1.29 is 4.79 Å². The number of amides is 1. The smallest absolute Gasteiger partial charge is 0.263 e. The first-order valence-corrected chi connectivity index (χ1v) is 8.18. The van der Waals surface area contributed by atoms with Crippen molar-refractivity contribution in [1.29, 1.82) is 0 Å². The molecule has 112 valence electrons. The van der Waals surface area contributed by atoms with Crippen LogP contribution in [0.5, 0.6) is 0 Å². The van der Waals surface area contributed by atoms with E-state index in [1.807, 2.05) is 0 Å². The Balaban J connectivity index is 2.12. The van der Waals surface area contributed by atoms with E-state index in [2.05, 4.69) is 10.6 Å². The third kappa shape index (κ3) is 4.94. The molecule has 2 aromatic rings. The van der Waals surface area contributed by atoms with E-state index in [4.69, 9.17) is 46.4 Å². The average Bonchev–Trinajstić information content (AvgIpc) is 2.93. The summed E-state index contributed by atoms with van der Waals surface area (Å²) in [5, 5.41) is 8.00. The second kappa shape index (κ2) is 7.07. The van der Waals surface area contributed by atoms with E-state index in [-0.39, 0.29) is 5.91 Å². The molecule has 0 radical (unpaired) electrons. The molecule has 0 aliphatic rings. The monoisotopic (exact) mass is 382 g/mol. The lowest BCUT2D eigenvalue weighted by Crippen LogP contribution is -2.48. The van der Waals surface area contributed by atoms with Crippen molar-refractivity contribution in [2.45, 2.75) is 9.96 Å². The largest absolute Gasteiger partial charge is 0.362 e. The van der Waals surface area contributed by atoms with E-state index in [0.29, 0.717) is 15.6 Å². The topological polar surface area (TPSA) is 41.1 Å². The number of hydrogen-bond donors (Lipinski definition) is 2. The van der Waals surface area contributed by atoms with Crippen molar-refractivity contribution in [3.8, 4) is 0 Å². The van der Waals surface area contributed by atoms with Gasteiger partial charge in [-0.3, -0.25) is 4.79 Å². The lowest BCUT2D eigenvalue weighted by Gasteiger charge is -2.27. The molecule has 1 heterocycles. The highest BCUT2D eigenvalue weighted by atomic mass is 35.6. The predicted octanol–water partition coefficient (Wildman–Crippen LogP) is 4.94. The highest BCUT2D eigenvalue weighted by molar-refractivity contribution is 7.12. The van der Waals surface area contributed by atoms with E-state index >= 15 is 0 Å². The maximum absolute atomic E-state index is 12.1. The molecule has 3 nitrogen and oxygen atoms in total. The van der Waals surface area contributed by atoms with Gasteiger partial charge >= 0.3 is 0 Å². The van der Waals surface area contributed by atoms with Crippen LogP contribution in [0.1, 0.15) is 9.67 Å². The van der Waals surface area contributed by atoms with Crippen molar-refractivity contribution in [1.82, 2.24) is 5.32 Å². The summed E-state index contributed by atoms with van der Waals surface area (Å²) < 4.78 is -1.72. The minimum Gasteiger partial charge on any atom is -0.362 e. The SMILES string of the molecule is O=C(NC(Nc1ccc(Cl)cc1)C(Cl)(Cl)Cl)c1cccs1. The zero-order valence-electron chi connectivity index (χ0n) is 10.4. The van der Waals surface area contributed by atoms with Crippen LogP contribution < -0.4 is 10.6 Å². The second-order valence-electron chi connectivity index (χ2n) is 4.08. The van der Waals surface area contributed by atoms with Crippen LogP contribution in [0.25, 0.3) is 0 Å². The molecule has 0 aliphatic heterocycles. The van der Waals surface area contributed by atoms with E-state index in [1.54, 1.807) is 41.8 Å². The number of carbonyl (C=O) groups is 1. The van der Waals surface area contributed by atoms with Gasteiger partial charge in [0.15, 0.2) is 0 Å². The first kappa shape index (κ1) is 16.7. The minimum atomic E-state index is -1.72. The third-order valence-electron chi connectivity index (χ3n) is 2.50. The highest BCUT2D eigenvalue weighted by Gasteiger charge is 2.34. The van der Waals surface area contributed by atoms with E-state index in [0.717, 1.165) is 0 Å². The van der Waals surface area contributed by atoms with Crippen LogP contribution in [0.3, 0.4) is 0 Å². The summed E-state index contributed by atoms with van der Waals surface area (Å²) in [7, 11) is 0. The Hall–Kier alpha value is -0.650. The molecule has 1 atom stereocenters. The van der Waals surface area contributed by atoms with Crippen LogP contribution >= 0.6 is 57.7 Å². The zero-order valence-corrected chi connectivity index (χ0v) is 14.3. The molecule has 0 aliphatic carbocycles. The van der Waals surface area contributed by atoms with Gasteiger partial charge in [0.2, 0.25) is 3.79 Å². The van der Waals surface area contributed by atoms with Gasteiger partial charge in [-0.2, -0.15) is 0 Å². The van der Waals surface area contributed by atoms with Crippen molar-refractivity contribution in [2.75, 3.05) is 5.32 Å². The molecule has 8 heteroatoms. The Morgan fingerprint density at radius 1 is 1.14 bits per heavy atom. The van der Waals surface area contributed by atoms with E-state index in [9.17, 15) is 4.79 Å². The molecule has 1 amide bonds. The summed E-state index contributed by atoms with van der Waals surface area (Å²) >= 11 is 24.9. The molecule has 1 unspecified atom stereocenters. The predicted molar refractivity (Wildman–Crippen MR) is 90.9 cm³/mol. The van der Waals surface area contributed by atoms with Crippen LogP contribution in [-0.4, -0.2) is 15.9 Å². The number of rotatable bonds is 4. The van der Waals surface area contributed by atoms with Gasteiger partial charge < -0.3 is 10.6 Å². The number of carbonyl (C=O) groups excluding carboxylic acids is 1. The van der Waals surface area contributed by atoms with Crippen LogP contribution in [0.15, 0.2) is 41.8 Å². The summed E-state index contributed by atoms with van der Waals surface area (Å²) in [6.07, 6.45) is -0.890. The van der Waals surface area contributed by atoms with E-state index < -0.39 is 9.96 Å². The van der Waals surface area contributed by atoms with Gasteiger partial charge in [0.05, 0.1) is 4.88 Å². The molecule has 1 aromatic heterocycles. The first-order valence-electron chi connectivity index (χ1n) is 5.79. The molecule has 0 fully saturated rings. The Bertz CT molecular complexity index is 596. The third-order valence-corrected chi connectivity index (χ3v) is 4.28. The normalized spacial score (nSPS) is 12.8. The fourth-order valence-electron chi connectivity index (χ4n) is 1.52. The number of hydrogen-bond acceptors (Lipinski definition) is 3. The summed E-state index contributed by atoms with van der Waals surface area (Å²) in [6, 6.07) is 10.3. The second-order valence-corrected chi connectivity index (χ2v) is 7.83. The standard InChI is InChI=1S/C13H10Cl4N2OS/c14-8-3-5-9(6-4-8)18-12(13(15,16)17)19-11(20)10-2-1-7-21-10/h1-7,12,18H,(H,19,20). The number of anilines is 1. The summed E-state index contributed by atoms with van der Waals surface area (Å²) in [5.41, 5.74) is 0.669. The molecular weight excluding hydrogens is 374 g/mol. The van der Waals surface area contributed by atoms with E-state index in [1.165, 1.54) is 11.3 Å². The molecule has 2 N–H and O–H groups in total. The highest BCUT2D eigenvalue weighted by Crippen LogP contribution is 2.31. The molecular formula is C13H10Cl4N2OS. The van der Waals surface area contributed by atoms with Crippen LogP contribution in [0.2, 0.25) is 5.02 Å². The van der Waals surface area contributed by atoms with Crippen LogP contribution in [-0.2, 0) is 0 Å². The van der Waals surface area contributed by atoms with Crippen molar-refractivity contribution >= 4 is 69.3 Å². The van der Waals surface area contributed by atoms with Crippen molar-refractivity contribution in [3.63, 3.8) is 0 Å². The Morgan fingerprint density at radius 2 is 1.81 bits per heavy atom. The maximum Gasteiger partial charge on any atom is 0.263 e. The van der Waals surface area contributed by atoms with Gasteiger partial charge in [-0.15, -0.1) is 11.3 Å². The fourth-order valence-corrected chi connectivity index (χ4v) is 2.60. The number of thiophene rings is 1. The first-order chi connectivity index (χ1) is 9.86. The number of halogens is 4. The van der Waals surface area contributed by atoms with Gasteiger partial charge in [0.25, 0.3) is 5.91 Å². The lowest BCUT2D eigenvalue weighted by atomic mass is 10.3. The quantitative estimate of drug-likeness (QED) is 0.579. The van der Waals surface area contributed by atoms with Gasteiger partial charge in [0.1, 0.15) is 6.17 Å². The van der Waals surface area contributed by atoms with Crippen molar-refractivity contribution in [2.24, 2.45) is 0 Å². The van der Waals surface area contributed by atoms with Crippen LogP contribution in [0.4, 0.5) is 5.69 Å². The molecule has 0 saturated heterocycles. The number of alkyl halides is 3. The zero-order chi connectivity index (χ0) is 15.5. The average molecular weight is 384 g/mol. The number of nitrogens with one attached hydrogen (secondary N) is 2. The molecule has 0 saturated carbocycles. The summed E-state index contributed by atoms with van der Waals surface area (Å²) in [4.78, 5) is 12.6. The lowest BCUT2D eigenvalue weighted by molar-refractivity contribution is 0.0946. The summed E-state index contributed by atoms with van der Waals surface area (Å²) in [6.45, 7) is 0.